The van der Waals surface area contributed by atoms with Gasteiger partial charge in [-0.2, -0.15) is 0 Å². The average molecular weight is 344 g/mol. The second kappa shape index (κ2) is 5.69. The van der Waals surface area contributed by atoms with Crippen LogP contribution in [0.1, 0.15) is 11.3 Å². The molecule has 0 fully saturated rings. The molecule has 0 aliphatic carbocycles. The number of rotatable bonds is 3. The van der Waals surface area contributed by atoms with Gasteiger partial charge in [-0.05, 0) is 36.8 Å². The first-order chi connectivity index (χ1) is 10.1. The molecular weight excluding hydrogens is 330 g/mol. The summed E-state index contributed by atoms with van der Waals surface area (Å²) in [6.45, 7) is 2.01. The average Bonchev–Trinajstić information content (AvgIpc) is 2.84. The van der Waals surface area contributed by atoms with Gasteiger partial charge >= 0.3 is 0 Å². The zero-order chi connectivity index (χ0) is 14.8. The number of nitrogens with zero attached hydrogens (tertiary/aromatic N) is 2. The summed E-state index contributed by atoms with van der Waals surface area (Å²) in [7, 11) is 0. The van der Waals surface area contributed by atoms with Gasteiger partial charge in [-0.1, -0.05) is 28.1 Å². The number of benzene rings is 1. The summed E-state index contributed by atoms with van der Waals surface area (Å²) < 4.78 is 2.89. The summed E-state index contributed by atoms with van der Waals surface area (Å²) in [6.07, 6.45) is 4.05. The molecule has 106 valence electrons. The molecular formula is C16H14BrN3O. The number of fused-ring (bicyclic) bond motifs is 1. The monoisotopic (exact) mass is 343 g/mol. The fraction of sp³-hybridized carbons (Fsp3) is 0.125. The molecule has 0 spiro atoms. The molecule has 2 heterocycles. The SMILES string of the molecule is Cc1ccc(NC(=O)Cc2cn3ccccc3n2)cc1Br. The highest BCUT2D eigenvalue weighted by molar-refractivity contribution is 9.10. The molecule has 21 heavy (non-hydrogen) atoms. The van der Waals surface area contributed by atoms with Gasteiger partial charge < -0.3 is 9.72 Å². The summed E-state index contributed by atoms with van der Waals surface area (Å²) >= 11 is 3.46. The van der Waals surface area contributed by atoms with Crippen LogP contribution in [0, 0.1) is 6.92 Å². The highest BCUT2D eigenvalue weighted by Crippen LogP contribution is 2.20. The Morgan fingerprint density at radius 3 is 2.95 bits per heavy atom. The number of imidazole rings is 1. The lowest BCUT2D eigenvalue weighted by molar-refractivity contribution is -0.115. The Morgan fingerprint density at radius 2 is 2.19 bits per heavy atom. The number of hydrogen-bond donors (Lipinski definition) is 1. The number of anilines is 1. The molecule has 0 bridgehead atoms. The van der Waals surface area contributed by atoms with Gasteiger partial charge in [0.05, 0.1) is 12.1 Å². The predicted octanol–water partition coefficient (Wildman–Crippen LogP) is 3.59. The van der Waals surface area contributed by atoms with Crippen LogP contribution in [0.3, 0.4) is 0 Å². The van der Waals surface area contributed by atoms with Gasteiger partial charge in [0.25, 0.3) is 0 Å². The van der Waals surface area contributed by atoms with Crippen LogP contribution in [0.4, 0.5) is 5.69 Å². The van der Waals surface area contributed by atoms with E-state index in [0.717, 1.165) is 27.1 Å². The van der Waals surface area contributed by atoms with Gasteiger partial charge in [-0.3, -0.25) is 4.79 Å². The third-order valence-electron chi connectivity index (χ3n) is 3.21. The number of halogens is 1. The van der Waals surface area contributed by atoms with Crippen molar-refractivity contribution in [2.75, 3.05) is 5.32 Å². The molecule has 1 aromatic carbocycles. The first-order valence-corrected chi connectivity index (χ1v) is 7.40. The van der Waals surface area contributed by atoms with Crippen molar-refractivity contribution in [3.8, 4) is 0 Å². The van der Waals surface area contributed by atoms with Crippen LogP contribution in [0.2, 0.25) is 0 Å². The van der Waals surface area contributed by atoms with Crippen LogP contribution >= 0.6 is 15.9 Å². The van der Waals surface area contributed by atoms with Crippen molar-refractivity contribution in [2.45, 2.75) is 13.3 Å². The third kappa shape index (κ3) is 3.13. The van der Waals surface area contributed by atoms with Crippen LogP contribution in [0.25, 0.3) is 5.65 Å². The summed E-state index contributed by atoms with van der Waals surface area (Å²) in [5, 5.41) is 2.88. The first-order valence-electron chi connectivity index (χ1n) is 6.60. The van der Waals surface area contributed by atoms with Gasteiger partial charge in [0.15, 0.2) is 0 Å². The Hall–Kier alpha value is -2.14. The van der Waals surface area contributed by atoms with Gasteiger partial charge in [0, 0.05) is 22.6 Å². The fourth-order valence-electron chi connectivity index (χ4n) is 2.11. The lowest BCUT2D eigenvalue weighted by Gasteiger charge is -2.06. The van der Waals surface area contributed by atoms with E-state index in [4.69, 9.17) is 0 Å². The van der Waals surface area contributed by atoms with E-state index in [1.807, 2.05) is 60.1 Å². The largest absolute Gasteiger partial charge is 0.326 e. The number of nitrogens with one attached hydrogen (secondary N) is 1. The molecule has 5 heteroatoms. The molecule has 0 radical (unpaired) electrons. The summed E-state index contributed by atoms with van der Waals surface area (Å²) in [5.74, 6) is -0.0749. The van der Waals surface area contributed by atoms with E-state index in [9.17, 15) is 4.79 Å². The van der Waals surface area contributed by atoms with Crippen molar-refractivity contribution in [1.29, 1.82) is 0 Å². The Morgan fingerprint density at radius 1 is 1.33 bits per heavy atom. The Labute approximate surface area is 131 Å². The molecule has 3 rings (SSSR count). The molecule has 4 nitrogen and oxygen atoms in total. The van der Waals surface area contributed by atoms with Gasteiger partial charge in [0.2, 0.25) is 5.91 Å². The highest BCUT2D eigenvalue weighted by Gasteiger charge is 2.08. The van der Waals surface area contributed by atoms with Gasteiger partial charge in [-0.25, -0.2) is 4.98 Å². The number of hydrogen-bond acceptors (Lipinski definition) is 2. The standard InChI is InChI=1S/C16H14BrN3O/c1-11-5-6-12(8-14(11)17)19-16(21)9-13-10-20-7-3-2-4-15(20)18-13/h2-8,10H,9H2,1H3,(H,19,21). The van der Waals surface area contributed by atoms with Crippen molar-refractivity contribution >= 4 is 33.2 Å². The molecule has 0 saturated heterocycles. The lowest BCUT2D eigenvalue weighted by Crippen LogP contribution is -2.14. The number of aryl methyl sites for hydroxylation is 1. The van der Waals surface area contributed by atoms with Crippen LogP contribution in [-0.2, 0) is 11.2 Å². The molecule has 3 aromatic rings. The molecule has 0 aliphatic rings. The molecule has 1 amide bonds. The second-order valence-electron chi connectivity index (χ2n) is 4.89. The molecule has 0 aliphatic heterocycles. The zero-order valence-electron chi connectivity index (χ0n) is 11.5. The highest BCUT2D eigenvalue weighted by atomic mass is 79.9. The number of carbonyl (C=O) groups is 1. The van der Waals surface area contributed by atoms with E-state index < -0.39 is 0 Å². The van der Waals surface area contributed by atoms with E-state index in [0.29, 0.717) is 0 Å². The van der Waals surface area contributed by atoms with Crippen molar-refractivity contribution in [1.82, 2.24) is 9.38 Å². The zero-order valence-corrected chi connectivity index (χ0v) is 13.1. The first kappa shape index (κ1) is 13.8. The van der Waals surface area contributed by atoms with E-state index in [-0.39, 0.29) is 12.3 Å². The van der Waals surface area contributed by atoms with Crippen LogP contribution in [0.15, 0.2) is 53.3 Å². The number of carbonyl (C=O) groups excluding carboxylic acids is 1. The minimum Gasteiger partial charge on any atom is -0.326 e. The molecule has 0 saturated carbocycles. The maximum Gasteiger partial charge on any atom is 0.230 e. The van der Waals surface area contributed by atoms with Crippen LogP contribution in [0.5, 0.6) is 0 Å². The number of amides is 1. The Kier molecular flexibility index (Phi) is 3.75. The Balaban J connectivity index is 1.72. The van der Waals surface area contributed by atoms with Crippen molar-refractivity contribution in [3.05, 3.63) is 64.5 Å². The van der Waals surface area contributed by atoms with Crippen molar-refractivity contribution in [2.24, 2.45) is 0 Å². The number of pyridine rings is 1. The quantitative estimate of drug-likeness (QED) is 0.789. The summed E-state index contributed by atoms with van der Waals surface area (Å²) in [5.41, 5.74) is 3.51. The van der Waals surface area contributed by atoms with E-state index in [1.54, 1.807) is 0 Å². The maximum absolute atomic E-state index is 12.1. The van der Waals surface area contributed by atoms with E-state index in [1.165, 1.54) is 0 Å². The fourth-order valence-corrected chi connectivity index (χ4v) is 2.49. The lowest BCUT2D eigenvalue weighted by atomic mass is 10.2. The van der Waals surface area contributed by atoms with Crippen LogP contribution in [-0.4, -0.2) is 15.3 Å². The van der Waals surface area contributed by atoms with Crippen molar-refractivity contribution in [3.63, 3.8) is 0 Å². The van der Waals surface area contributed by atoms with Crippen molar-refractivity contribution < 1.29 is 4.79 Å². The van der Waals surface area contributed by atoms with Gasteiger partial charge in [-0.15, -0.1) is 0 Å². The molecule has 1 N–H and O–H groups in total. The molecule has 0 unspecified atom stereocenters. The maximum atomic E-state index is 12.1. The number of aromatic nitrogens is 2. The minimum absolute atomic E-state index is 0.0749. The van der Waals surface area contributed by atoms with E-state index >= 15 is 0 Å². The Bertz CT molecular complexity index is 777. The molecule has 2 aromatic heterocycles. The van der Waals surface area contributed by atoms with Crippen LogP contribution < -0.4 is 5.32 Å². The van der Waals surface area contributed by atoms with E-state index in [2.05, 4.69) is 26.2 Å². The molecule has 0 atom stereocenters. The normalized spacial score (nSPS) is 10.8. The smallest absolute Gasteiger partial charge is 0.230 e. The topological polar surface area (TPSA) is 46.4 Å². The minimum atomic E-state index is -0.0749. The second-order valence-corrected chi connectivity index (χ2v) is 5.74. The third-order valence-corrected chi connectivity index (χ3v) is 4.07. The summed E-state index contributed by atoms with van der Waals surface area (Å²) in [6, 6.07) is 11.5. The van der Waals surface area contributed by atoms with Gasteiger partial charge in [0.1, 0.15) is 5.65 Å². The predicted molar refractivity (Wildman–Crippen MR) is 86.4 cm³/mol. The summed E-state index contributed by atoms with van der Waals surface area (Å²) in [4.78, 5) is 16.5.